The molecule has 1 heterocycles. The summed E-state index contributed by atoms with van der Waals surface area (Å²) >= 11 is 3.84. The van der Waals surface area contributed by atoms with Crippen molar-refractivity contribution in [1.82, 2.24) is 4.57 Å². The summed E-state index contributed by atoms with van der Waals surface area (Å²) in [6.07, 6.45) is 0. The summed E-state index contributed by atoms with van der Waals surface area (Å²) < 4.78 is 3.54. The summed E-state index contributed by atoms with van der Waals surface area (Å²) in [5.41, 5.74) is 17.2. The van der Waals surface area contributed by atoms with E-state index in [-0.39, 0.29) is 0 Å². The van der Waals surface area contributed by atoms with Gasteiger partial charge in [-0.2, -0.15) is 0 Å². The molecule has 1 aromatic heterocycles. The molecule has 3 heteroatoms. The van der Waals surface area contributed by atoms with E-state index in [2.05, 4.69) is 205 Å². The number of nitrogens with zero attached hydrogens (tertiary/aromatic N) is 2. The quantitative estimate of drug-likeness (QED) is 0.168. The van der Waals surface area contributed by atoms with Gasteiger partial charge in [-0.3, -0.25) is 0 Å². The molecule has 0 saturated carbocycles. The maximum Gasteiger partial charge on any atom is 0.0579 e. The van der Waals surface area contributed by atoms with Crippen molar-refractivity contribution in [2.45, 2.75) is 27.7 Å². The molecule has 0 spiro atoms. The number of halogens is 1. The lowest BCUT2D eigenvalue weighted by molar-refractivity contribution is 1.16. The van der Waals surface area contributed by atoms with E-state index in [0.717, 1.165) is 38.3 Å². The summed E-state index contributed by atoms with van der Waals surface area (Å²) in [7, 11) is 0. The van der Waals surface area contributed by atoms with Crippen LogP contribution in [0.3, 0.4) is 0 Å². The molecular formula is C46H37BrN2. The molecule has 0 atom stereocenters. The highest BCUT2D eigenvalue weighted by atomic mass is 79.9. The Labute approximate surface area is 297 Å². The Hall–Kier alpha value is -5.38. The van der Waals surface area contributed by atoms with Crippen LogP contribution in [-0.2, 0) is 0 Å². The second-order valence-electron chi connectivity index (χ2n) is 12.8. The number of aromatic nitrogens is 1. The molecule has 0 radical (unpaired) electrons. The van der Waals surface area contributed by atoms with E-state index in [0.29, 0.717) is 0 Å². The molecule has 0 fully saturated rings. The Morgan fingerprint density at radius 1 is 0.510 bits per heavy atom. The van der Waals surface area contributed by atoms with Crippen LogP contribution in [0.1, 0.15) is 22.3 Å². The Kier molecular flexibility index (Phi) is 7.94. The molecular weight excluding hydrogens is 660 g/mol. The second kappa shape index (κ2) is 12.6. The molecule has 0 bridgehead atoms. The standard InChI is InChI=1S/C46H37BrN2/c1-30-17-11-12-22-37(30)44-31(2)32(3)45-40-29-36(27-28-43(40)49(46(45)33(44)4)35-20-9-6-10-21-35)48(34-18-7-5-8-19-34)42-26-16-14-24-39(42)38-23-13-15-25-41(38)47/h5-29H,1-4H3. The zero-order valence-electron chi connectivity index (χ0n) is 28.2. The topological polar surface area (TPSA) is 8.17 Å². The number of para-hydroxylation sites is 3. The minimum absolute atomic E-state index is 1.07. The van der Waals surface area contributed by atoms with Crippen molar-refractivity contribution in [1.29, 1.82) is 0 Å². The summed E-state index contributed by atoms with van der Waals surface area (Å²) in [4.78, 5) is 2.40. The van der Waals surface area contributed by atoms with Crippen molar-refractivity contribution in [3.8, 4) is 27.9 Å². The molecule has 49 heavy (non-hydrogen) atoms. The van der Waals surface area contributed by atoms with Gasteiger partial charge < -0.3 is 9.47 Å². The fourth-order valence-corrected chi connectivity index (χ4v) is 8.11. The van der Waals surface area contributed by atoms with Crippen LogP contribution in [-0.4, -0.2) is 4.57 Å². The van der Waals surface area contributed by atoms with Crippen molar-refractivity contribution < 1.29 is 0 Å². The van der Waals surface area contributed by atoms with Gasteiger partial charge in [0.05, 0.1) is 16.7 Å². The minimum atomic E-state index is 1.07. The molecule has 8 rings (SSSR count). The third kappa shape index (κ3) is 5.17. The minimum Gasteiger partial charge on any atom is -0.310 e. The second-order valence-corrected chi connectivity index (χ2v) is 13.7. The molecule has 0 unspecified atom stereocenters. The van der Waals surface area contributed by atoms with Gasteiger partial charge in [-0.05, 0) is 121 Å². The van der Waals surface area contributed by atoms with Crippen LogP contribution in [0.5, 0.6) is 0 Å². The van der Waals surface area contributed by atoms with Crippen LogP contribution in [0, 0.1) is 27.7 Å². The normalized spacial score (nSPS) is 11.4. The Morgan fingerprint density at radius 2 is 1.12 bits per heavy atom. The summed E-state index contributed by atoms with van der Waals surface area (Å²) in [5.74, 6) is 0. The van der Waals surface area contributed by atoms with E-state index >= 15 is 0 Å². The maximum atomic E-state index is 3.84. The van der Waals surface area contributed by atoms with Gasteiger partial charge in [-0.15, -0.1) is 0 Å². The van der Waals surface area contributed by atoms with Gasteiger partial charge in [0.1, 0.15) is 0 Å². The predicted molar refractivity (Wildman–Crippen MR) is 213 cm³/mol. The van der Waals surface area contributed by atoms with Crippen molar-refractivity contribution >= 4 is 54.8 Å². The maximum absolute atomic E-state index is 3.84. The molecule has 0 aliphatic carbocycles. The average molecular weight is 698 g/mol. The fourth-order valence-electron chi connectivity index (χ4n) is 7.61. The number of fused-ring (bicyclic) bond motifs is 3. The van der Waals surface area contributed by atoms with E-state index in [9.17, 15) is 0 Å². The van der Waals surface area contributed by atoms with Crippen LogP contribution < -0.4 is 4.90 Å². The van der Waals surface area contributed by atoms with Crippen molar-refractivity contribution in [3.63, 3.8) is 0 Å². The van der Waals surface area contributed by atoms with E-state index in [1.165, 1.54) is 55.2 Å². The molecule has 0 saturated heterocycles. The molecule has 0 N–H and O–H groups in total. The van der Waals surface area contributed by atoms with Crippen LogP contribution in [0.4, 0.5) is 17.1 Å². The molecule has 0 aliphatic heterocycles. The first kappa shape index (κ1) is 30.9. The van der Waals surface area contributed by atoms with Crippen LogP contribution in [0.25, 0.3) is 49.7 Å². The number of rotatable bonds is 6. The molecule has 238 valence electrons. The Balaban J connectivity index is 1.46. The summed E-state index contributed by atoms with van der Waals surface area (Å²) in [6.45, 7) is 9.12. The van der Waals surface area contributed by atoms with Gasteiger partial charge in [-0.25, -0.2) is 0 Å². The zero-order chi connectivity index (χ0) is 33.6. The largest absolute Gasteiger partial charge is 0.310 e. The number of hydrogen-bond acceptors (Lipinski definition) is 1. The number of benzene rings is 7. The van der Waals surface area contributed by atoms with Crippen molar-refractivity contribution in [2.75, 3.05) is 4.90 Å². The summed E-state index contributed by atoms with van der Waals surface area (Å²) in [6, 6.07) is 54.5. The van der Waals surface area contributed by atoms with Gasteiger partial charge in [0.25, 0.3) is 0 Å². The number of anilines is 3. The molecule has 2 nitrogen and oxygen atoms in total. The first-order valence-corrected chi connectivity index (χ1v) is 17.6. The summed E-state index contributed by atoms with van der Waals surface area (Å²) in [5, 5.41) is 2.55. The van der Waals surface area contributed by atoms with Crippen molar-refractivity contribution in [2.24, 2.45) is 0 Å². The van der Waals surface area contributed by atoms with Crippen LogP contribution >= 0.6 is 15.9 Å². The highest BCUT2D eigenvalue weighted by Crippen LogP contribution is 2.47. The average Bonchev–Trinajstić information content (AvgIpc) is 3.48. The van der Waals surface area contributed by atoms with Crippen LogP contribution in [0.15, 0.2) is 156 Å². The smallest absolute Gasteiger partial charge is 0.0579 e. The van der Waals surface area contributed by atoms with Gasteiger partial charge in [0.15, 0.2) is 0 Å². The monoisotopic (exact) mass is 696 g/mol. The van der Waals surface area contributed by atoms with Crippen molar-refractivity contribution in [3.05, 3.63) is 178 Å². The zero-order valence-corrected chi connectivity index (χ0v) is 29.8. The number of aryl methyl sites for hydroxylation is 3. The third-order valence-electron chi connectivity index (χ3n) is 10.0. The Morgan fingerprint density at radius 3 is 1.84 bits per heavy atom. The van der Waals surface area contributed by atoms with E-state index in [1.807, 2.05) is 0 Å². The predicted octanol–water partition coefficient (Wildman–Crippen LogP) is 13.6. The van der Waals surface area contributed by atoms with Gasteiger partial charge in [-0.1, -0.05) is 113 Å². The number of hydrogen-bond donors (Lipinski definition) is 0. The third-order valence-corrected chi connectivity index (χ3v) is 10.7. The van der Waals surface area contributed by atoms with Gasteiger partial charge >= 0.3 is 0 Å². The molecule has 0 amide bonds. The molecule has 7 aromatic carbocycles. The van der Waals surface area contributed by atoms with E-state index in [1.54, 1.807) is 0 Å². The van der Waals surface area contributed by atoms with Crippen LogP contribution in [0.2, 0.25) is 0 Å². The first-order valence-electron chi connectivity index (χ1n) is 16.8. The fraction of sp³-hybridized carbons (Fsp3) is 0.0870. The van der Waals surface area contributed by atoms with E-state index < -0.39 is 0 Å². The lowest BCUT2D eigenvalue weighted by Gasteiger charge is -2.28. The SMILES string of the molecule is Cc1ccccc1-c1c(C)c(C)c2c3cc(N(c4ccccc4)c4ccccc4-c4ccccc4Br)ccc3n(-c3ccccc3)c2c1C. The highest BCUT2D eigenvalue weighted by molar-refractivity contribution is 9.10. The molecule has 8 aromatic rings. The highest BCUT2D eigenvalue weighted by Gasteiger charge is 2.24. The van der Waals surface area contributed by atoms with Gasteiger partial charge in [0, 0.05) is 37.9 Å². The van der Waals surface area contributed by atoms with E-state index in [4.69, 9.17) is 0 Å². The Bertz CT molecular complexity index is 2490. The lowest BCUT2D eigenvalue weighted by Crippen LogP contribution is -2.11. The first-order chi connectivity index (χ1) is 23.9. The molecule has 0 aliphatic rings. The lowest BCUT2D eigenvalue weighted by atomic mass is 9.87. The van der Waals surface area contributed by atoms with Gasteiger partial charge in [0.2, 0.25) is 0 Å².